The van der Waals surface area contributed by atoms with E-state index in [0.29, 0.717) is 12.0 Å². The van der Waals surface area contributed by atoms with Gasteiger partial charge in [0.25, 0.3) is 0 Å². The van der Waals surface area contributed by atoms with E-state index in [0.717, 1.165) is 17.8 Å². The highest BCUT2D eigenvalue weighted by Crippen LogP contribution is 2.36. The number of pyridine rings is 1. The Labute approximate surface area is 115 Å². The summed E-state index contributed by atoms with van der Waals surface area (Å²) in [4.78, 5) is 4.43. The van der Waals surface area contributed by atoms with Crippen molar-refractivity contribution in [3.8, 4) is 0 Å². The van der Waals surface area contributed by atoms with Crippen molar-refractivity contribution in [2.24, 2.45) is 0 Å². The topological polar surface area (TPSA) is 37.0 Å². The number of allylic oxidation sites excluding steroid dienone is 2. The zero-order valence-electron chi connectivity index (χ0n) is 12.2. The number of aryl methyl sites for hydroxylation is 1. The van der Waals surface area contributed by atoms with Gasteiger partial charge in [0, 0.05) is 35.2 Å². The Balaban J connectivity index is 2.43. The Kier molecular flexibility index (Phi) is 4.05. The zero-order valence-corrected chi connectivity index (χ0v) is 12.2. The molecule has 0 aliphatic carbocycles. The van der Waals surface area contributed by atoms with Crippen LogP contribution in [0.3, 0.4) is 0 Å². The van der Waals surface area contributed by atoms with Gasteiger partial charge in [0.2, 0.25) is 0 Å². The number of hydrogen-bond acceptors (Lipinski definition) is 3. The average Bonchev–Trinajstić information content (AvgIpc) is 2.38. The standard InChI is InChI=1S/C16H23N3/c1-10-6-7-14(9-18-10)15-8-11(2)19-13(4)16(15)12(3)17-5/h6-7,9,12,15,17,19H,2,8H2,1,3-5H3. The summed E-state index contributed by atoms with van der Waals surface area (Å²) >= 11 is 0. The molecule has 2 atom stereocenters. The number of likely N-dealkylation sites (N-methyl/N-ethyl adjacent to an activating group) is 1. The van der Waals surface area contributed by atoms with Crippen molar-refractivity contribution >= 4 is 0 Å². The predicted molar refractivity (Wildman–Crippen MR) is 79.8 cm³/mol. The minimum Gasteiger partial charge on any atom is -0.363 e. The lowest BCUT2D eigenvalue weighted by molar-refractivity contribution is 0.569. The van der Waals surface area contributed by atoms with E-state index in [4.69, 9.17) is 0 Å². The average molecular weight is 257 g/mol. The summed E-state index contributed by atoms with van der Waals surface area (Å²) in [5.41, 5.74) is 6.02. The molecule has 2 heterocycles. The highest BCUT2D eigenvalue weighted by atomic mass is 14.9. The van der Waals surface area contributed by atoms with Gasteiger partial charge in [0.05, 0.1) is 0 Å². The van der Waals surface area contributed by atoms with Crippen molar-refractivity contribution < 1.29 is 0 Å². The molecule has 0 fully saturated rings. The second-order valence-electron chi connectivity index (χ2n) is 5.31. The lowest BCUT2D eigenvalue weighted by Crippen LogP contribution is -2.34. The maximum absolute atomic E-state index is 4.43. The first-order valence-electron chi connectivity index (χ1n) is 6.78. The van der Waals surface area contributed by atoms with Gasteiger partial charge in [0.1, 0.15) is 0 Å². The molecule has 1 aliphatic heterocycles. The minimum absolute atomic E-state index is 0.340. The van der Waals surface area contributed by atoms with Crippen LogP contribution < -0.4 is 10.6 Å². The molecule has 3 heteroatoms. The van der Waals surface area contributed by atoms with Crippen LogP contribution in [-0.2, 0) is 0 Å². The van der Waals surface area contributed by atoms with Crippen LogP contribution in [0.25, 0.3) is 0 Å². The molecular weight excluding hydrogens is 234 g/mol. The SMILES string of the molecule is C=C1CC(c2ccc(C)nc2)C(C(C)NC)=C(C)N1. The van der Waals surface area contributed by atoms with Crippen molar-refractivity contribution in [2.75, 3.05) is 7.05 Å². The van der Waals surface area contributed by atoms with Gasteiger partial charge in [-0.15, -0.1) is 0 Å². The maximum Gasteiger partial charge on any atom is 0.0372 e. The summed E-state index contributed by atoms with van der Waals surface area (Å²) in [5.74, 6) is 0.365. The van der Waals surface area contributed by atoms with Gasteiger partial charge in [0.15, 0.2) is 0 Å². The molecule has 0 bridgehead atoms. The summed E-state index contributed by atoms with van der Waals surface area (Å²) in [5, 5.41) is 6.72. The quantitative estimate of drug-likeness (QED) is 0.874. The van der Waals surface area contributed by atoms with Gasteiger partial charge in [-0.25, -0.2) is 0 Å². The number of nitrogens with zero attached hydrogens (tertiary/aromatic N) is 1. The third-order valence-corrected chi connectivity index (χ3v) is 3.86. The molecule has 1 aromatic rings. The van der Waals surface area contributed by atoms with Crippen LogP contribution in [0, 0.1) is 6.92 Å². The van der Waals surface area contributed by atoms with E-state index in [1.807, 2.05) is 20.2 Å². The number of aromatic nitrogens is 1. The van der Waals surface area contributed by atoms with Crippen molar-refractivity contribution in [1.29, 1.82) is 0 Å². The molecule has 0 amide bonds. The Hall–Kier alpha value is -1.61. The Morgan fingerprint density at radius 1 is 1.42 bits per heavy atom. The minimum atomic E-state index is 0.340. The molecule has 0 aromatic carbocycles. The van der Waals surface area contributed by atoms with Crippen LogP contribution in [-0.4, -0.2) is 18.1 Å². The summed E-state index contributed by atoms with van der Waals surface area (Å²) in [6.45, 7) is 10.4. The fraction of sp³-hybridized carbons (Fsp3) is 0.438. The van der Waals surface area contributed by atoms with Gasteiger partial charge in [-0.05, 0) is 51.4 Å². The van der Waals surface area contributed by atoms with Crippen LogP contribution in [0.5, 0.6) is 0 Å². The first kappa shape index (κ1) is 13.8. The van der Waals surface area contributed by atoms with E-state index in [9.17, 15) is 0 Å². The fourth-order valence-electron chi connectivity index (χ4n) is 2.77. The molecule has 0 radical (unpaired) electrons. The van der Waals surface area contributed by atoms with Gasteiger partial charge in [-0.3, -0.25) is 4.98 Å². The molecule has 1 aliphatic rings. The smallest absolute Gasteiger partial charge is 0.0372 e. The Bertz CT molecular complexity index is 499. The molecule has 19 heavy (non-hydrogen) atoms. The van der Waals surface area contributed by atoms with Crippen molar-refractivity contribution in [1.82, 2.24) is 15.6 Å². The summed E-state index contributed by atoms with van der Waals surface area (Å²) < 4.78 is 0. The third-order valence-electron chi connectivity index (χ3n) is 3.86. The lowest BCUT2D eigenvalue weighted by Gasteiger charge is -2.33. The predicted octanol–water partition coefficient (Wildman–Crippen LogP) is 2.86. The second kappa shape index (κ2) is 5.57. The van der Waals surface area contributed by atoms with Crippen molar-refractivity contribution in [3.63, 3.8) is 0 Å². The summed E-state index contributed by atoms with van der Waals surface area (Å²) in [6.07, 6.45) is 2.93. The number of hydrogen-bond donors (Lipinski definition) is 2. The normalized spacial score (nSPS) is 21.3. The fourth-order valence-corrected chi connectivity index (χ4v) is 2.77. The van der Waals surface area contributed by atoms with E-state index >= 15 is 0 Å². The van der Waals surface area contributed by atoms with Crippen LogP contribution in [0.2, 0.25) is 0 Å². The highest BCUT2D eigenvalue weighted by Gasteiger charge is 2.27. The van der Waals surface area contributed by atoms with Crippen LogP contribution in [0.1, 0.15) is 37.4 Å². The first-order valence-corrected chi connectivity index (χ1v) is 6.78. The first-order chi connectivity index (χ1) is 9.02. The molecule has 2 unspecified atom stereocenters. The molecular formula is C16H23N3. The molecule has 102 valence electrons. The van der Waals surface area contributed by atoms with E-state index in [1.54, 1.807) is 0 Å². The zero-order chi connectivity index (χ0) is 14.0. The molecule has 0 saturated carbocycles. The molecule has 1 aromatic heterocycles. The number of rotatable bonds is 3. The van der Waals surface area contributed by atoms with Crippen LogP contribution >= 0.6 is 0 Å². The van der Waals surface area contributed by atoms with Crippen molar-refractivity contribution in [2.45, 2.75) is 39.2 Å². The lowest BCUT2D eigenvalue weighted by atomic mass is 9.81. The maximum atomic E-state index is 4.43. The van der Waals surface area contributed by atoms with E-state index in [1.165, 1.54) is 16.8 Å². The van der Waals surface area contributed by atoms with E-state index in [-0.39, 0.29) is 0 Å². The van der Waals surface area contributed by atoms with E-state index < -0.39 is 0 Å². The number of nitrogens with one attached hydrogen (secondary N) is 2. The molecule has 0 spiro atoms. The van der Waals surface area contributed by atoms with Crippen LogP contribution in [0.15, 0.2) is 41.9 Å². The molecule has 0 saturated heterocycles. The van der Waals surface area contributed by atoms with Gasteiger partial charge >= 0.3 is 0 Å². The summed E-state index contributed by atoms with van der Waals surface area (Å²) in [6, 6.07) is 4.60. The summed E-state index contributed by atoms with van der Waals surface area (Å²) in [7, 11) is 2.00. The third kappa shape index (κ3) is 2.87. The van der Waals surface area contributed by atoms with Gasteiger partial charge < -0.3 is 10.6 Å². The second-order valence-corrected chi connectivity index (χ2v) is 5.31. The molecule has 3 nitrogen and oxygen atoms in total. The van der Waals surface area contributed by atoms with Crippen LogP contribution in [0.4, 0.5) is 0 Å². The van der Waals surface area contributed by atoms with Gasteiger partial charge in [-0.2, -0.15) is 0 Å². The van der Waals surface area contributed by atoms with Crippen molar-refractivity contribution in [3.05, 3.63) is 53.1 Å². The Morgan fingerprint density at radius 3 is 2.74 bits per heavy atom. The molecule has 2 rings (SSSR count). The van der Waals surface area contributed by atoms with Gasteiger partial charge in [-0.1, -0.05) is 12.6 Å². The molecule has 2 N–H and O–H groups in total. The largest absolute Gasteiger partial charge is 0.363 e. The Morgan fingerprint density at radius 2 is 2.16 bits per heavy atom. The monoisotopic (exact) mass is 257 g/mol. The van der Waals surface area contributed by atoms with E-state index in [2.05, 4.69) is 48.2 Å². The highest BCUT2D eigenvalue weighted by molar-refractivity contribution is 5.38.